The first-order valence-corrected chi connectivity index (χ1v) is 6.13. The number of nitrogens with one attached hydrogen (secondary N) is 1. The van der Waals surface area contributed by atoms with Crippen LogP contribution in [0.4, 0.5) is 0 Å². The van der Waals surface area contributed by atoms with Crippen molar-refractivity contribution in [2.45, 2.75) is 18.3 Å². The van der Waals surface area contributed by atoms with E-state index in [4.69, 9.17) is 0 Å². The monoisotopic (exact) mass is 279 g/mol. The summed E-state index contributed by atoms with van der Waals surface area (Å²) in [4.78, 5) is 12.0. The van der Waals surface area contributed by atoms with Gasteiger partial charge in [-0.25, -0.2) is 0 Å². The Kier molecular flexibility index (Phi) is 3.15. The summed E-state index contributed by atoms with van der Waals surface area (Å²) in [5, 5.41) is 2.88. The molecule has 0 atom stereocenters. The standard InChI is InChI=1S/C13H14BrNO/c1-2-9-15-12(16)13(7-8-13)10-3-5-11(14)6-4-10/h2-6H,1,7-9H2,(H,15,16). The second-order valence-corrected chi connectivity index (χ2v) is 5.00. The van der Waals surface area contributed by atoms with Crippen LogP contribution in [0.15, 0.2) is 41.4 Å². The molecular formula is C13H14BrNO. The van der Waals surface area contributed by atoms with Gasteiger partial charge in [0, 0.05) is 11.0 Å². The first kappa shape index (κ1) is 11.4. The summed E-state index contributed by atoms with van der Waals surface area (Å²) in [6, 6.07) is 8.00. The van der Waals surface area contributed by atoms with Crippen LogP contribution in [0.5, 0.6) is 0 Å². The van der Waals surface area contributed by atoms with E-state index in [0.717, 1.165) is 22.9 Å². The molecule has 3 heteroatoms. The molecule has 2 rings (SSSR count). The Morgan fingerprint density at radius 2 is 2.06 bits per heavy atom. The van der Waals surface area contributed by atoms with E-state index in [9.17, 15) is 4.79 Å². The number of carbonyl (C=O) groups excluding carboxylic acids is 1. The van der Waals surface area contributed by atoms with Crippen molar-refractivity contribution in [3.8, 4) is 0 Å². The lowest BCUT2D eigenvalue weighted by molar-refractivity contribution is -0.123. The van der Waals surface area contributed by atoms with Gasteiger partial charge in [-0.2, -0.15) is 0 Å². The van der Waals surface area contributed by atoms with Gasteiger partial charge >= 0.3 is 0 Å². The molecule has 0 unspecified atom stereocenters. The summed E-state index contributed by atoms with van der Waals surface area (Å²) in [6.45, 7) is 4.14. The molecule has 2 nitrogen and oxygen atoms in total. The fraction of sp³-hybridized carbons (Fsp3) is 0.308. The van der Waals surface area contributed by atoms with Crippen LogP contribution in [-0.2, 0) is 10.2 Å². The van der Waals surface area contributed by atoms with Crippen molar-refractivity contribution in [1.29, 1.82) is 0 Å². The number of benzene rings is 1. The predicted molar refractivity (Wildman–Crippen MR) is 68.3 cm³/mol. The topological polar surface area (TPSA) is 29.1 Å². The van der Waals surface area contributed by atoms with E-state index in [-0.39, 0.29) is 11.3 Å². The second-order valence-electron chi connectivity index (χ2n) is 4.09. The highest BCUT2D eigenvalue weighted by atomic mass is 79.9. The Balaban J connectivity index is 2.16. The van der Waals surface area contributed by atoms with Crippen LogP contribution in [-0.4, -0.2) is 12.5 Å². The number of hydrogen-bond donors (Lipinski definition) is 1. The molecule has 16 heavy (non-hydrogen) atoms. The van der Waals surface area contributed by atoms with Crippen molar-refractivity contribution in [3.63, 3.8) is 0 Å². The molecule has 1 aliphatic rings. The Labute approximate surface area is 104 Å². The Hall–Kier alpha value is -1.09. The summed E-state index contributed by atoms with van der Waals surface area (Å²) >= 11 is 3.40. The van der Waals surface area contributed by atoms with Gasteiger partial charge in [0.15, 0.2) is 0 Å². The van der Waals surface area contributed by atoms with Crippen LogP contribution in [0.1, 0.15) is 18.4 Å². The molecule has 0 aromatic heterocycles. The normalized spacial score (nSPS) is 16.6. The third-order valence-corrected chi connectivity index (χ3v) is 3.52. The van der Waals surface area contributed by atoms with E-state index < -0.39 is 0 Å². The molecule has 1 aromatic rings. The fourth-order valence-corrected chi connectivity index (χ4v) is 2.14. The predicted octanol–water partition coefficient (Wildman–Crippen LogP) is 2.78. The third-order valence-electron chi connectivity index (χ3n) is 2.99. The molecule has 84 valence electrons. The number of carbonyl (C=O) groups is 1. The maximum atomic E-state index is 12.0. The van der Waals surface area contributed by atoms with Crippen LogP contribution in [0.25, 0.3) is 0 Å². The van der Waals surface area contributed by atoms with Crippen LogP contribution >= 0.6 is 15.9 Å². The lowest BCUT2D eigenvalue weighted by atomic mass is 9.95. The van der Waals surface area contributed by atoms with E-state index in [0.29, 0.717) is 6.54 Å². The highest BCUT2D eigenvalue weighted by Gasteiger charge is 2.50. The SMILES string of the molecule is C=CCNC(=O)C1(c2ccc(Br)cc2)CC1. The lowest BCUT2D eigenvalue weighted by Gasteiger charge is -2.15. The average molecular weight is 280 g/mol. The van der Waals surface area contributed by atoms with E-state index in [1.165, 1.54) is 0 Å². The van der Waals surface area contributed by atoms with Gasteiger partial charge in [-0.15, -0.1) is 6.58 Å². The number of amides is 1. The third kappa shape index (κ3) is 2.05. The summed E-state index contributed by atoms with van der Waals surface area (Å²) < 4.78 is 1.04. The van der Waals surface area contributed by atoms with Crippen LogP contribution < -0.4 is 5.32 Å². The fourth-order valence-electron chi connectivity index (χ4n) is 1.87. The second kappa shape index (κ2) is 4.42. The molecule has 1 fully saturated rings. The zero-order valence-electron chi connectivity index (χ0n) is 9.00. The molecule has 1 N–H and O–H groups in total. The quantitative estimate of drug-likeness (QED) is 0.844. The van der Waals surface area contributed by atoms with Crippen molar-refractivity contribution in [2.24, 2.45) is 0 Å². The molecule has 0 bridgehead atoms. The first-order chi connectivity index (χ1) is 7.69. The van der Waals surface area contributed by atoms with E-state index >= 15 is 0 Å². The molecule has 1 saturated carbocycles. The van der Waals surface area contributed by atoms with E-state index in [1.807, 2.05) is 24.3 Å². The zero-order chi connectivity index (χ0) is 11.6. The van der Waals surface area contributed by atoms with Gasteiger partial charge in [-0.1, -0.05) is 34.1 Å². The van der Waals surface area contributed by atoms with Gasteiger partial charge in [0.05, 0.1) is 5.41 Å². The number of halogens is 1. The summed E-state index contributed by atoms with van der Waals surface area (Å²) in [5.74, 6) is 0.120. The summed E-state index contributed by atoms with van der Waals surface area (Å²) in [6.07, 6.45) is 3.59. The largest absolute Gasteiger partial charge is 0.352 e. The van der Waals surface area contributed by atoms with Crippen LogP contribution in [0.3, 0.4) is 0 Å². The molecule has 1 amide bonds. The van der Waals surface area contributed by atoms with Crippen molar-refractivity contribution < 1.29 is 4.79 Å². The Bertz CT molecular complexity index is 406. The molecule has 0 spiro atoms. The molecule has 0 aliphatic heterocycles. The minimum Gasteiger partial charge on any atom is -0.352 e. The molecular weight excluding hydrogens is 266 g/mol. The minimum absolute atomic E-state index is 0.120. The van der Waals surface area contributed by atoms with Gasteiger partial charge < -0.3 is 5.32 Å². The number of hydrogen-bond acceptors (Lipinski definition) is 1. The molecule has 0 radical (unpaired) electrons. The highest BCUT2D eigenvalue weighted by molar-refractivity contribution is 9.10. The summed E-state index contributed by atoms with van der Waals surface area (Å²) in [5.41, 5.74) is 0.834. The van der Waals surface area contributed by atoms with Gasteiger partial charge in [0.25, 0.3) is 0 Å². The molecule has 1 aromatic carbocycles. The maximum absolute atomic E-state index is 12.0. The van der Waals surface area contributed by atoms with Crippen LogP contribution in [0.2, 0.25) is 0 Å². The van der Waals surface area contributed by atoms with Gasteiger partial charge in [-0.3, -0.25) is 4.79 Å². The van der Waals surface area contributed by atoms with Crippen LogP contribution in [0, 0.1) is 0 Å². The van der Waals surface area contributed by atoms with Crippen molar-refractivity contribution in [3.05, 3.63) is 47.0 Å². The molecule has 0 saturated heterocycles. The minimum atomic E-state index is -0.274. The zero-order valence-corrected chi connectivity index (χ0v) is 10.6. The van der Waals surface area contributed by atoms with Gasteiger partial charge in [-0.05, 0) is 30.5 Å². The van der Waals surface area contributed by atoms with Crippen molar-refractivity contribution >= 4 is 21.8 Å². The highest BCUT2D eigenvalue weighted by Crippen LogP contribution is 2.48. The maximum Gasteiger partial charge on any atom is 0.230 e. The van der Waals surface area contributed by atoms with Gasteiger partial charge in [0.2, 0.25) is 5.91 Å². The number of rotatable bonds is 4. The van der Waals surface area contributed by atoms with E-state index in [1.54, 1.807) is 6.08 Å². The Morgan fingerprint density at radius 1 is 1.44 bits per heavy atom. The lowest BCUT2D eigenvalue weighted by Crippen LogP contribution is -2.34. The average Bonchev–Trinajstić information content (AvgIpc) is 3.08. The van der Waals surface area contributed by atoms with Crippen molar-refractivity contribution in [2.75, 3.05) is 6.54 Å². The van der Waals surface area contributed by atoms with Crippen molar-refractivity contribution in [1.82, 2.24) is 5.32 Å². The summed E-state index contributed by atoms with van der Waals surface area (Å²) in [7, 11) is 0. The molecule has 1 aliphatic carbocycles. The Morgan fingerprint density at radius 3 is 2.56 bits per heavy atom. The molecule has 0 heterocycles. The smallest absolute Gasteiger partial charge is 0.230 e. The van der Waals surface area contributed by atoms with E-state index in [2.05, 4.69) is 27.8 Å². The first-order valence-electron chi connectivity index (χ1n) is 5.34. The van der Waals surface area contributed by atoms with Gasteiger partial charge in [0.1, 0.15) is 0 Å².